The first-order valence-electron chi connectivity index (χ1n) is 15.7. The number of rotatable bonds is 16. The van der Waals surface area contributed by atoms with Crippen molar-refractivity contribution in [1.82, 2.24) is 10.2 Å². The van der Waals surface area contributed by atoms with Crippen molar-refractivity contribution in [2.75, 3.05) is 13.2 Å². The van der Waals surface area contributed by atoms with Gasteiger partial charge in [0.15, 0.2) is 0 Å². The number of carbonyl (C=O) groups is 3. The zero-order valence-electron chi connectivity index (χ0n) is 25.9. The molecule has 0 aliphatic carbocycles. The van der Waals surface area contributed by atoms with Crippen molar-refractivity contribution in [3.63, 3.8) is 0 Å². The van der Waals surface area contributed by atoms with Gasteiger partial charge in [-0.15, -0.1) is 13.2 Å². The molecule has 4 rings (SSSR count). The number of allylic oxidation sites excluding steroid dienone is 2. The second-order valence-corrected chi connectivity index (χ2v) is 11.6. The van der Waals surface area contributed by atoms with Crippen molar-refractivity contribution < 1.29 is 24.2 Å². The summed E-state index contributed by atoms with van der Waals surface area (Å²) in [5.74, 6) is -1.86. The van der Waals surface area contributed by atoms with Gasteiger partial charge < -0.3 is 20.1 Å². The van der Waals surface area contributed by atoms with Crippen LogP contribution in [0, 0.1) is 11.8 Å². The van der Waals surface area contributed by atoms with Crippen molar-refractivity contribution in [2.45, 2.75) is 57.2 Å². The molecule has 0 spiro atoms. The monoisotopic (exact) mass is 608 g/mol. The Hall–Kier alpha value is -4.49. The third-order valence-corrected chi connectivity index (χ3v) is 8.40. The number of amides is 2. The van der Waals surface area contributed by atoms with Crippen molar-refractivity contribution in [1.29, 1.82) is 0 Å². The van der Waals surface area contributed by atoms with Gasteiger partial charge in [0.1, 0.15) is 6.10 Å². The van der Waals surface area contributed by atoms with E-state index in [0.29, 0.717) is 38.6 Å². The van der Waals surface area contributed by atoms with Crippen molar-refractivity contribution in [3.05, 3.63) is 132 Å². The molecule has 0 saturated heterocycles. The Morgan fingerprint density at radius 1 is 0.911 bits per heavy atom. The largest absolute Gasteiger partial charge is 0.455 e. The summed E-state index contributed by atoms with van der Waals surface area (Å²) in [5.41, 5.74) is 3.98. The van der Waals surface area contributed by atoms with E-state index < -0.39 is 12.0 Å². The van der Waals surface area contributed by atoms with Gasteiger partial charge in [-0.05, 0) is 54.4 Å². The fraction of sp³-hybridized carbons (Fsp3) is 0.342. The highest BCUT2D eigenvalue weighted by atomic mass is 16.5. The fourth-order valence-electron chi connectivity index (χ4n) is 5.84. The van der Waals surface area contributed by atoms with Crippen LogP contribution in [0.15, 0.2) is 110 Å². The minimum Gasteiger partial charge on any atom is -0.455 e. The lowest BCUT2D eigenvalue weighted by molar-refractivity contribution is -0.155. The molecule has 0 aromatic heterocycles. The normalized spacial score (nSPS) is 16.0. The molecule has 7 heteroatoms. The molecule has 0 radical (unpaired) electrons. The molecular weight excluding hydrogens is 564 g/mol. The summed E-state index contributed by atoms with van der Waals surface area (Å²) in [6, 6.07) is 26.8. The zero-order chi connectivity index (χ0) is 32.0. The lowest BCUT2D eigenvalue weighted by Crippen LogP contribution is -2.47. The van der Waals surface area contributed by atoms with Crippen molar-refractivity contribution >= 4 is 17.8 Å². The fourth-order valence-corrected chi connectivity index (χ4v) is 5.84. The first-order valence-corrected chi connectivity index (χ1v) is 15.7. The number of hydrogen-bond donors (Lipinski definition) is 2. The molecule has 236 valence electrons. The number of aliphatic hydroxyl groups is 1. The van der Waals surface area contributed by atoms with Crippen LogP contribution in [0.3, 0.4) is 0 Å². The SMILES string of the molecule is C=CCC[C@H](Cc1ccccc1)C(=O)O[C@@H](CNC(=O)[C@@H](CC=C)CC(=O)N1Cc2ccccc2C[C@H]1CO)c1ccccc1. The van der Waals surface area contributed by atoms with Gasteiger partial charge in [-0.3, -0.25) is 14.4 Å². The molecule has 0 saturated carbocycles. The summed E-state index contributed by atoms with van der Waals surface area (Å²) in [7, 11) is 0. The van der Waals surface area contributed by atoms with E-state index in [9.17, 15) is 19.5 Å². The predicted molar refractivity (Wildman–Crippen MR) is 176 cm³/mol. The highest BCUT2D eigenvalue weighted by Crippen LogP contribution is 2.26. The summed E-state index contributed by atoms with van der Waals surface area (Å²) in [6.45, 7) is 7.92. The van der Waals surface area contributed by atoms with Gasteiger partial charge in [0, 0.05) is 13.0 Å². The van der Waals surface area contributed by atoms with Crippen molar-refractivity contribution in [3.8, 4) is 0 Å². The maximum Gasteiger partial charge on any atom is 0.309 e. The lowest BCUT2D eigenvalue weighted by Gasteiger charge is -2.36. The van der Waals surface area contributed by atoms with Crippen LogP contribution in [-0.2, 0) is 38.5 Å². The van der Waals surface area contributed by atoms with Crippen LogP contribution >= 0.6 is 0 Å². The summed E-state index contributed by atoms with van der Waals surface area (Å²) < 4.78 is 6.09. The summed E-state index contributed by atoms with van der Waals surface area (Å²) >= 11 is 0. The Bertz CT molecular complexity index is 1420. The quantitative estimate of drug-likeness (QED) is 0.160. The highest BCUT2D eigenvalue weighted by Gasteiger charge is 2.32. The van der Waals surface area contributed by atoms with E-state index in [4.69, 9.17) is 4.74 Å². The maximum absolute atomic E-state index is 13.5. The summed E-state index contributed by atoms with van der Waals surface area (Å²) in [6.07, 6.45) is 5.40. The Balaban J connectivity index is 1.44. The van der Waals surface area contributed by atoms with Crippen LogP contribution in [0.2, 0.25) is 0 Å². The maximum atomic E-state index is 13.5. The van der Waals surface area contributed by atoms with Gasteiger partial charge in [0.2, 0.25) is 11.8 Å². The number of aliphatic hydroxyl groups excluding tert-OH is 1. The second kappa shape index (κ2) is 17.1. The Kier molecular flexibility index (Phi) is 12.7. The van der Waals surface area contributed by atoms with Crippen LogP contribution in [0.1, 0.15) is 54.0 Å². The average molecular weight is 609 g/mol. The third kappa shape index (κ3) is 9.50. The molecule has 0 unspecified atom stereocenters. The number of esters is 1. The Morgan fingerprint density at radius 3 is 2.24 bits per heavy atom. The number of nitrogens with one attached hydrogen (secondary N) is 1. The van der Waals surface area contributed by atoms with Crippen LogP contribution in [0.4, 0.5) is 0 Å². The van der Waals surface area contributed by atoms with E-state index in [1.807, 2.05) is 84.9 Å². The number of nitrogens with zero attached hydrogens (tertiary/aromatic N) is 1. The lowest BCUT2D eigenvalue weighted by atomic mass is 9.92. The van der Waals surface area contributed by atoms with E-state index >= 15 is 0 Å². The number of benzene rings is 3. The Labute approximate surface area is 266 Å². The average Bonchev–Trinajstić information content (AvgIpc) is 3.08. The number of fused-ring (bicyclic) bond motifs is 1. The molecule has 3 aromatic rings. The second-order valence-electron chi connectivity index (χ2n) is 11.6. The number of hydrogen-bond acceptors (Lipinski definition) is 5. The molecule has 1 aliphatic rings. The third-order valence-electron chi connectivity index (χ3n) is 8.40. The molecule has 45 heavy (non-hydrogen) atoms. The summed E-state index contributed by atoms with van der Waals surface area (Å²) in [5, 5.41) is 13.0. The summed E-state index contributed by atoms with van der Waals surface area (Å²) in [4.78, 5) is 42.2. The first-order chi connectivity index (χ1) is 21.9. The minimum atomic E-state index is -0.706. The molecule has 0 bridgehead atoms. The molecule has 2 N–H and O–H groups in total. The van der Waals surface area contributed by atoms with Crippen LogP contribution in [-0.4, -0.2) is 47.0 Å². The van der Waals surface area contributed by atoms with Gasteiger partial charge in [0.25, 0.3) is 0 Å². The standard InChI is InChI=1S/C38H44N2O5/c1-3-5-17-32(22-28-15-8-6-9-16-28)38(44)45-35(29-18-10-7-11-19-29)25-39-37(43)31(14-4-2)24-36(42)40-26-33-21-13-12-20-30(33)23-34(40)27-41/h3-4,6-13,15-16,18-21,31-32,34-35,41H,1-2,5,14,17,22-27H2,(H,39,43)/t31-,32+,34-,35-/m0/s1. The van der Waals surface area contributed by atoms with Gasteiger partial charge in [-0.2, -0.15) is 0 Å². The molecule has 1 heterocycles. The molecule has 1 aliphatic heterocycles. The van der Waals surface area contributed by atoms with Crippen LogP contribution in [0.25, 0.3) is 0 Å². The number of ether oxygens (including phenoxy) is 1. The van der Waals surface area contributed by atoms with Gasteiger partial charge >= 0.3 is 5.97 Å². The number of carbonyl (C=O) groups excluding carboxylic acids is 3. The molecule has 0 fully saturated rings. The molecule has 2 amide bonds. The zero-order valence-corrected chi connectivity index (χ0v) is 25.9. The van der Waals surface area contributed by atoms with E-state index in [2.05, 4.69) is 18.5 Å². The molecular formula is C38H44N2O5. The van der Waals surface area contributed by atoms with E-state index in [1.165, 1.54) is 0 Å². The van der Waals surface area contributed by atoms with E-state index in [0.717, 1.165) is 22.3 Å². The highest BCUT2D eigenvalue weighted by molar-refractivity contribution is 5.86. The van der Waals surface area contributed by atoms with Gasteiger partial charge in [0.05, 0.1) is 31.0 Å². The topological polar surface area (TPSA) is 95.9 Å². The first kappa shape index (κ1) is 33.4. The minimum absolute atomic E-state index is 0.0208. The van der Waals surface area contributed by atoms with Gasteiger partial charge in [-0.1, -0.05) is 97.1 Å². The molecule has 7 nitrogen and oxygen atoms in total. The van der Waals surface area contributed by atoms with Crippen LogP contribution < -0.4 is 5.32 Å². The van der Waals surface area contributed by atoms with Crippen molar-refractivity contribution in [2.24, 2.45) is 11.8 Å². The van der Waals surface area contributed by atoms with Crippen LogP contribution in [0.5, 0.6) is 0 Å². The van der Waals surface area contributed by atoms with E-state index in [-0.39, 0.29) is 49.3 Å². The predicted octanol–water partition coefficient (Wildman–Crippen LogP) is 5.74. The molecule has 3 aromatic carbocycles. The van der Waals surface area contributed by atoms with E-state index in [1.54, 1.807) is 17.1 Å². The Morgan fingerprint density at radius 2 is 1.58 bits per heavy atom. The molecule has 4 atom stereocenters. The van der Waals surface area contributed by atoms with Gasteiger partial charge in [-0.25, -0.2) is 0 Å². The smallest absolute Gasteiger partial charge is 0.309 e.